The zero-order valence-corrected chi connectivity index (χ0v) is 10.7. The summed E-state index contributed by atoms with van der Waals surface area (Å²) in [6.07, 6.45) is 0.517. The third-order valence-corrected chi connectivity index (χ3v) is 2.12. The Hall–Kier alpha value is -1.06. The van der Waals surface area contributed by atoms with Crippen LogP contribution in [0.3, 0.4) is 0 Å². The van der Waals surface area contributed by atoms with Crippen LogP contribution in [0.25, 0.3) is 0 Å². The lowest BCUT2D eigenvalue weighted by atomic mass is 10.1. The van der Waals surface area contributed by atoms with E-state index in [1.807, 2.05) is 27.7 Å². The number of rotatable bonds is 7. The highest BCUT2D eigenvalue weighted by Gasteiger charge is 2.16. The number of carboxylic acid groups (broad SMARTS) is 1. The van der Waals surface area contributed by atoms with E-state index in [1.54, 1.807) is 4.90 Å². The Morgan fingerprint density at radius 1 is 1.12 bits per heavy atom. The summed E-state index contributed by atoms with van der Waals surface area (Å²) in [6.45, 7) is 8.98. The van der Waals surface area contributed by atoms with Crippen molar-refractivity contribution in [2.75, 3.05) is 13.1 Å². The number of aliphatic carboxylic acids is 1. The van der Waals surface area contributed by atoms with Crippen molar-refractivity contribution >= 4 is 11.9 Å². The van der Waals surface area contributed by atoms with Crippen LogP contribution < -0.4 is 0 Å². The second-order valence-electron chi connectivity index (χ2n) is 4.98. The molecule has 1 amide bonds. The molecule has 0 aromatic carbocycles. The first-order valence-corrected chi connectivity index (χ1v) is 5.82. The summed E-state index contributed by atoms with van der Waals surface area (Å²) in [5.74, 6) is -0.118. The highest BCUT2D eigenvalue weighted by molar-refractivity contribution is 5.77. The average molecular weight is 229 g/mol. The summed E-state index contributed by atoms with van der Waals surface area (Å²) in [5, 5.41) is 8.62. The highest BCUT2D eigenvalue weighted by atomic mass is 16.4. The molecule has 0 spiro atoms. The monoisotopic (exact) mass is 229 g/mol. The molecule has 0 unspecified atom stereocenters. The van der Waals surface area contributed by atoms with Gasteiger partial charge in [0.2, 0.25) is 5.91 Å². The Kier molecular flexibility index (Phi) is 6.77. The van der Waals surface area contributed by atoms with Crippen molar-refractivity contribution in [2.24, 2.45) is 11.8 Å². The summed E-state index contributed by atoms with van der Waals surface area (Å²) < 4.78 is 0. The molecular formula is C12H23NO3. The summed E-state index contributed by atoms with van der Waals surface area (Å²) in [7, 11) is 0. The van der Waals surface area contributed by atoms with Gasteiger partial charge >= 0.3 is 5.97 Å². The number of hydrogen-bond acceptors (Lipinski definition) is 2. The van der Waals surface area contributed by atoms with E-state index in [4.69, 9.17) is 5.11 Å². The van der Waals surface area contributed by atoms with Crippen LogP contribution in [-0.4, -0.2) is 35.0 Å². The first kappa shape index (κ1) is 14.9. The quantitative estimate of drug-likeness (QED) is 0.726. The molecule has 94 valence electrons. The fourth-order valence-electron chi connectivity index (χ4n) is 1.47. The molecule has 0 aliphatic carbocycles. The SMILES string of the molecule is CC(C)CC(=O)N(CCC(=O)O)CC(C)C. The molecule has 0 bridgehead atoms. The van der Waals surface area contributed by atoms with Gasteiger partial charge in [-0.3, -0.25) is 9.59 Å². The predicted molar refractivity (Wildman–Crippen MR) is 63.1 cm³/mol. The zero-order valence-electron chi connectivity index (χ0n) is 10.7. The maximum atomic E-state index is 11.8. The Morgan fingerprint density at radius 3 is 2.06 bits per heavy atom. The number of carboxylic acids is 1. The second kappa shape index (κ2) is 7.25. The van der Waals surface area contributed by atoms with Crippen LogP contribution in [0.1, 0.15) is 40.5 Å². The Balaban J connectivity index is 4.28. The van der Waals surface area contributed by atoms with Crippen LogP contribution in [0.4, 0.5) is 0 Å². The van der Waals surface area contributed by atoms with Crippen LogP contribution in [0, 0.1) is 11.8 Å². The molecule has 0 heterocycles. The van der Waals surface area contributed by atoms with Crippen LogP contribution in [-0.2, 0) is 9.59 Å². The van der Waals surface area contributed by atoms with Gasteiger partial charge in [-0.2, -0.15) is 0 Å². The molecule has 0 aromatic heterocycles. The fourth-order valence-corrected chi connectivity index (χ4v) is 1.47. The van der Waals surface area contributed by atoms with E-state index >= 15 is 0 Å². The molecule has 4 heteroatoms. The lowest BCUT2D eigenvalue weighted by Crippen LogP contribution is -2.36. The number of carbonyl (C=O) groups is 2. The first-order valence-electron chi connectivity index (χ1n) is 5.82. The number of amides is 1. The summed E-state index contributed by atoms with van der Waals surface area (Å²) in [6, 6.07) is 0. The summed E-state index contributed by atoms with van der Waals surface area (Å²) >= 11 is 0. The van der Waals surface area contributed by atoms with E-state index in [0.29, 0.717) is 31.3 Å². The van der Waals surface area contributed by atoms with Crippen molar-refractivity contribution in [1.29, 1.82) is 0 Å². The van der Waals surface area contributed by atoms with Gasteiger partial charge in [-0.1, -0.05) is 27.7 Å². The standard InChI is InChI=1S/C12H23NO3/c1-9(2)7-11(14)13(8-10(3)4)6-5-12(15)16/h9-10H,5-8H2,1-4H3,(H,15,16). The van der Waals surface area contributed by atoms with E-state index in [0.717, 1.165) is 0 Å². The fraction of sp³-hybridized carbons (Fsp3) is 0.833. The normalized spacial score (nSPS) is 10.9. The van der Waals surface area contributed by atoms with Gasteiger partial charge in [0, 0.05) is 19.5 Å². The van der Waals surface area contributed by atoms with E-state index in [2.05, 4.69) is 0 Å². The van der Waals surface area contributed by atoms with Gasteiger partial charge in [-0.25, -0.2) is 0 Å². The van der Waals surface area contributed by atoms with Gasteiger partial charge in [-0.15, -0.1) is 0 Å². The number of hydrogen-bond donors (Lipinski definition) is 1. The van der Waals surface area contributed by atoms with Crippen molar-refractivity contribution < 1.29 is 14.7 Å². The minimum atomic E-state index is -0.855. The number of nitrogens with zero attached hydrogens (tertiary/aromatic N) is 1. The Morgan fingerprint density at radius 2 is 1.69 bits per heavy atom. The van der Waals surface area contributed by atoms with Gasteiger partial charge in [0.25, 0.3) is 0 Å². The van der Waals surface area contributed by atoms with Gasteiger partial charge < -0.3 is 10.0 Å². The van der Waals surface area contributed by atoms with E-state index in [9.17, 15) is 9.59 Å². The van der Waals surface area contributed by atoms with Crippen LogP contribution >= 0.6 is 0 Å². The molecule has 0 rings (SSSR count). The minimum absolute atomic E-state index is 0.0244. The van der Waals surface area contributed by atoms with Gasteiger partial charge in [0.1, 0.15) is 0 Å². The highest BCUT2D eigenvalue weighted by Crippen LogP contribution is 2.07. The molecule has 4 nitrogen and oxygen atoms in total. The molecule has 0 aliphatic heterocycles. The molecule has 0 atom stereocenters. The van der Waals surface area contributed by atoms with E-state index in [-0.39, 0.29) is 12.3 Å². The second-order valence-corrected chi connectivity index (χ2v) is 4.98. The lowest BCUT2D eigenvalue weighted by molar-refractivity contribution is -0.138. The van der Waals surface area contributed by atoms with Crippen LogP contribution in [0.5, 0.6) is 0 Å². The number of carbonyl (C=O) groups excluding carboxylic acids is 1. The summed E-state index contributed by atoms with van der Waals surface area (Å²) in [4.78, 5) is 24.0. The largest absolute Gasteiger partial charge is 0.481 e. The zero-order chi connectivity index (χ0) is 12.7. The molecular weight excluding hydrogens is 206 g/mol. The average Bonchev–Trinajstić information content (AvgIpc) is 2.09. The van der Waals surface area contributed by atoms with Gasteiger partial charge in [0.05, 0.1) is 6.42 Å². The third kappa shape index (κ3) is 7.26. The van der Waals surface area contributed by atoms with Crippen LogP contribution in [0.15, 0.2) is 0 Å². The Bertz CT molecular complexity index is 236. The molecule has 16 heavy (non-hydrogen) atoms. The maximum absolute atomic E-state index is 11.8. The maximum Gasteiger partial charge on any atom is 0.305 e. The van der Waals surface area contributed by atoms with Crippen molar-refractivity contribution in [3.05, 3.63) is 0 Å². The van der Waals surface area contributed by atoms with E-state index in [1.165, 1.54) is 0 Å². The van der Waals surface area contributed by atoms with Crippen molar-refractivity contribution in [3.8, 4) is 0 Å². The lowest BCUT2D eigenvalue weighted by Gasteiger charge is -2.24. The van der Waals surface area contributed by atoms with Crippen molar-refractivity contribution in [3.63, 3.8) is 0 Å². The molecule has 0 aromatic rings. The minimum Gasteiger partial charge on any atom is -0.481 e. The van der Waals surface area contributed by atoms with Crippen molar-refractivity contribution in [1.82, 2.24) is 4.90 Å². The molecule has 0 fully saturated rings. The van der Waals surface area contributed by atoms with E-state index < -0.39 is 5.97 Å². The molecule has 0 radical (unpaired) electrons. The van der Waals surface area contributed by atoms with Gasteiger partial charge in [0.15, 0.2) is 0 Å². The molecule has 0 aliphatic rings. The van der Waals surface area contributed by atoms with Crippen molar-refractivity contribution in [2.45, 2.75) is 40.5 Å². The smallest absolute Gasteiger partial charge is 0.305 e. The first-order chi connectivity index (χ1) is 7.32. The topological polar surface area (TPSA) is 57.6 Å². The third-order valence-electron chi connectivity index (χ3n) is 2.12. The van der Waals surface area contributed by atoms with Crippen LogP contribution in [0.2, 0.25) is 0 Å². The molecule has 0 saturated heterocycles. The summed E-state index contributed by atoms with van der Waals surface area (Å²) in [5.41, 5.74) is 0. The van der Waals surface area contributed by atoms with Gasteiger partial charge in [-0.05, 0) is 11.8 Å². The predicted octanol–water partition coefficient (Wildman–Crippen LogP) is 1.99. The molecule has 0 saturated carbocycles. The Labute approximate surface area is 97.6 Å². The molecule has 1 N–H and O–H groups in total.